The van der Waals surface area contributed by atoms with Crippen LogP contribution in [0, 0.1) is 0 Å². The fraction of sp³-hybridized carbons (Fsp3) is 0.700. The predicted octanol–water partition coefficient (Wildman–Crippen LogP) is 2.83. The summed E-state index contributed by atoms with van der Waals surface area (Å²) in [5.41, 5.74) is 3.46. The average Bonchev–Trinajstić information content (AvgIpc) is 3.01. The Morgan fingerprint density at radius 2 is 2.16 bits per heavy atom. The van der Waals surface area contributed by atoms with E-state index in [4.69, 9.17) is 14.2 Å². The van der Waals surface area contributed by atoms with Gasteiger partial charge in [-0.15, -0.1) is 0 Å². The normalized spacial score (nSPS) is 24.5. The molecular formula is C20H31NO4. The van der Waals surface area contributed by atoms with Crippen LogP contribution in [0.25, 0.3) is 0 Å². The zero-order valence-electron chi connectivity index (χ0n) is 15.4. The van der Waals surface area contributed by atoms with E-state index in [2.05, 4.69) is 17.0 Å². The van der Waals surface area contributed by atoms with Gasteiger partial charge in [-0.2, -0.15) is 0 Å². The van der Waals surface area contributed by atoms with Crippen LogP contribution in [0.5, 0.6) is 0 Å². The number of ether oxygens (including phenoxy) is 3. The number of aryl methyl sites for hydroxylation is 1. The SMILES string of the molecule is CN(C)CCOCC(O)c1ccc2c(c1)CCC2OC1CCCCO1. The third-order valence-corrected chi connectivity index (χ3v) is 4.99. The zero-order valence-corrected chi connectivity index (χ0v) is 15.4. The molecule has 1 aromatic rings. The lowest BCUT2D eigenvalue weighted by atomic mass is 10.0. The van der Waals surface area contributed by atoms with E-state index in [-0.39, 0.29) is 12.4 Å². The lowest BCUT2D eigenvalue weighted by molar-refractivity contribution is -0.189. The molecule has 5 heteroatoms. The minimum Gasteiger partial charge on any atom is -0.386 e. The summed E-state index contributed by atoms with van der Waals surface area (Å²) in [5, 5.41) is 10.4. The second-order valence-electron chi connectivity index (χ2n) is 7.31. The molecule has 0 amide bonds. The highest BCUT2D eigenvalue weighted by atomic mass is 16.7. The van der Waals surface area contributed by atoms with E-state index in [1.165, 1.54) is 17.5 Å². The van der Waals surface area contributed by atoms with E-state index >= 15 is 0 Å². The Morgan fingerprint density at radius 1 is 1.28 bits per heavy atom. The Morgan fingerprint density at radius 3 is 2.92 bits per heavy atom. The molecule has 1 aliphatic carbocycles. The number of aliphatic hydroxyl groups is 1. The van der Waals surface area contributed by atoms with Crippen molar-refractivity contribution in [2.75, 3.05) is 40.5 Å². The van der Waals surface area contributed by atoms with Gasteiger partial charge >= 0.3 is 0 Å². The van der Waals surface area contributed by atoms with Crippen LogP contribution in [0.15, 0.2) is 18.2 Å². The Bertz CT molecular complexity index is 542. The highest BCUT2D eigenvalue weighted by Gasteiger charge is 2.28. The molecule has 1 fully saturated rings. The maximum Gasteiger partial charge on any atom is 0.158 e. The van der Waals surface area contributed by atoms with E-state index in [1.54, 1.807) is 0 Å². The van der Waals surface area contributed by atoms with Crippen LogP contribution in [0.2, 0.25) is 0 Å². The van der Waals surface area contributed by atoms with Crippen LogP contribution in [0.4, 0.5) is 0 Å². The number of nitrogens with zero attached hydrogens (tertiary/aromatic N) is 1. The summed E-state index contributed by atoms with van der Waals surface area (Å²) in [6, 6.07) is 6.22. The van der Waals surface area contributed by atoms with Crippen LogP contribution < -0.4 is 0 Å². The first-order chi connectivity index (χ1) is 12.1. The lowest BCUT2D eigenvalue weighted by Crippen LogP contribution is -2.23. The topological polar surface area (TPSA) is 51.2 Å². The molecule has 140 valence electrons. The summed E-state index contributed by atoms with van der Waals surface area (Å²) >= 11 is 0. The highest BCUT2D eigenvalue weighted by molar-refractivity contribution is 5.38. The molecule has 25 heavy (non-hydrogen) atoms. The third kappa shape index (κ3) is 5.25. The molecule has 2 aliphatic rings. The average molecular weight is 349 g/mol. The Kier molecular flexibility index (Phi) is 6.84. The fourth-order valence-electron chi connectivity index (χ4n) is 3.49. The quantitative estimate of drug-likeness (QED) is 0.732. The van der Waals surface area contributed by atoms with Crippen molar-refractivity contribution in [1.82, 2.24) is 4.90 Å². The van der Waals surface area contributed by atoms with E-state index < -0.39 is 6.10 Å². The van der Waals surface area contributed by atoms with Crippen molar-refractivity contribution in [3.8, 4) is 0 Å². The van der Waals surface area contributed by atoms with E-state index in [9.17, 15) is 5.11 Å². The standard InChI is InChI=1S/C20H31NO4/c1-21(2)10-12-23-14-18(22)16-6-8-17-15(13-16)7-9-19(17)25-20-5-3-4-11-24-20/h6,8,13,18-20,22H,3-5,7,9-12,14H2,1-2H3. The minimum atomic E-state index is -0.575. The largest absolute Gasteiger partial charge is 0.386 e. The number of hydrogen-bond acceptors (Lipinski definition) is 5. The zero-order chi connectivity index (χ0) is 17.6. The van der Waals surface area contributed by atoms with Crippen LogP contribution in [0.1, 0.15) is 54.6 Å². The van der Waals surface area contributed by atoms with Crippen molar-refractivity contribution in [2.24, 2.45) is 0 Å². The van der Waals surface area contributed by atoms with Crippen molar-refractivity contribution in [1.29, 1.82) is 0 Å². The van der Waals surface area contributed by atoms with Crippen molar-refractivity contribution in [3.63, 3.8) is 0 Å². The van der Waals surface area contributed by atoms with E-state index in [0.717, 1.165) is 44.4 Å². The lowest BCUT2D eigenvalue weighted by Gasteiger charge is -2.26. The maximum absolute atomic E-state index is 10.4. The molecule has 0 saturated carbocycles. The number of aliphatic hydroxyl groups excluding tert-OH is 1. The number of rotatable bonds is 8. The molecule has 3 atom stereocenters. The molecular weight excluding hydrogens is 318 g/mol. The summed E-state index contributed by atoms with van der Waals surface area (Å²) in [6.45, 7) is 2.64. The summed E-state index contributed by atoms with van der Waals surface area (Å²) < 4.78 is 17.4. The molecule has 3 unspecified atom stereocenters. The minimum absolute atomic E-state index is 0.0555. The number of fused-ring (bicyclic) bond motifs is 1. The third-order valence-electron chi connectivity index (χ3n) is 4.99. The van der Waals surface area contributed by atoms with Crippen molar-refractivity contribution in [2.45, 2.75) is 50.6 Å². The van der Waals surface area contributed by atoms with Gasteiger partial charge in [-0.25, -0.2) is 0 Å². The van der Waals surface area contributed by atoms with Gasteiger partial charge in [0.05, 0.1) is 19.3 Å². The van der Waals surface area contributed by atoms with Gasteiger partial charge in [-0.05, 0) is 62.9 Å². The molecule has 0 aromatic heterocycles. The molecule has 1 saturated heterocycles. The van der Waals surface area contributed by atoms with Gasteiger partial charge in [0.25, 0.3) is 0 Å². The number of hydrogen-bond donors (Lipinski definition) is 1. The number of benzene rings is 1. The molecule has 1 aliphatic heterocycles. The first kappa shape index (κ1) is 18.8. The van der Waals surface area contributed by atoms with Crippen LogP contribution in [0.3, 0.4) is 0 Å². The van der Waals surface area contributed by atoms with Crippen LogP contribution >= 0.6 is 0 Å². The van der Waals surface area contributed by atoms with Gasteiger partial charge < -0.3 is 24.2 Å². The van der Waals surface area contributed by atoms with Gasteiger partial charge in [0, 0.05) is 13.2 Å². The smallest absolute Gasteiger partial charge is 0.158 e. The Hall–Kier alpha value is -0.980. The molecule has 0 spiro atoms. The van der Waals surface area contributed by atoms with Gasteiger partial charge in [-0.1, -0.05) is 18.2 Å². The van der Waals surface area contributed by atoms with Gasteiger partial charge in [0.15, 0.2) is 6.29 Å². The van der Waals surface area contributed by atoms with Crippen molar-refractivity contribution in [3.05, 3.63) is 34.9 Å². The van der Waals surface area contributed by atoms with Gasteiger partial charge in [0.2, 0.25) is 0 Å². The summed E-state index contributed by atoms with van der Waals surface area (Å²) in [7, 11) is 4.02. The highest BCUT2D eigenvalue weighted by Crippen LogP contribution is 2.37. The summed E-state index contributed by atoms with van der Waals surface area (Å²) in [5.74, 6) is 0. The van der Waals surface area contributed by atoms with E-state index in [0.29, 0.717) is 13.2 Å². The molecule has 1 N–H and O–H groups in total. The molecule has 0 bridgehead atoms. The van der Waals surface area contributed by atoms with Crippen molar-refractivity contribution >= 4 is 0 Å². The second-order valence-corrected chi connectivity index (χ2v) is 7.31. The van der Waals surface area contributed by atoms with Crippen molar-refractivity contribution < 1.29 is 19.3 Å². The number of likely N-dealkylation sites (N-methyl/N-ethyl adjacent to an activating group) is 1. The summed E-state index contributed by atoms with van der Waals surface area (Å²) in [6.07, 6.45) is 4.80. The monoisotopic (exact) mass is 349 g/mol. The first-order valence-electron chi connectivity index (χ1n) is 9.44. The first-order valence-corrected chi connectivity index (χ1v) is 9.44. The van der Waals surface area contributed by atoms with E-state index in [1.807, 2.05) is 20.2 Å². The van der Waals surface area contributed by atoms with Crippen LogP contribution in [-0.2, 0) is 20.6 Å². The Balaban J connectivity index is 1.53. The fourth-order valence-corrected chi connectivity index (χ4v) is 3.49. The maximum atomic E-state index is 10.4. The molecule has 3 rings (SSSR count). The molecule has 1 heterocycles. The predicted molar refractivity (Wildman–Crippen MR) is 96.5 cm³/mol. The molecule has 1 aromatic carbocycles. The van der Waals surface area contributed by atoms with Gasteiger partial charge in [0.1, 0.15) is 6.10 Å². The summed E-state index contributed by atoms with van der Waals surface area (Å²) in [4.78, 5) is 2.07. The van der Waals surface area contributed by atoms with Crippen LogP contribution in [-0.4, -0.2) is 56.8 Å². The second kappa shape index (κ2) is 9.10. The van der Waals surface area contributed by atoms with Gasteiger partial charge in [-0.3, -0.25) is 0 Å². The molecule has 5 nitrogen and oxygen atoms in total. The molecule has 0 radical (unpaired) electrons. The Labute approximate surface area is 150 Å².